The normalized spacial score (nSPS) is 12.6. The number of carbonyl (C=O) groups is 1. The van der Waals surface area contributed by atoms with Crippen LogP contribution in [0.15, 0.2) is 18.2 Å². The third kappa shape index (κ3) is 3.78. The molecule has 0 aliphatic heterocycles. The summed E-state index contributed by atoms with van der Waals surface area (Å²) < 4.78 is 26.1. The van der Waals surface area contributed by atoms with Gasteiger partial charge in [0.1, 0.15) is 0 Å². The van der Waals surface area contributed by atoms with Crippen LogP contribution >= 0.6 is 0 Å². The molecule has 1 atom stereocenters. The summed E-state index contributed by atoms with van der Waals surface area (Å²) in [6.07, 6.45) is 0.489. The van der Waals surface area contributed by atoms with Crippen molar-refractivity contribution in [2.24, 2.45) is 11.7 Å². The van der Waals surface area contributed by atoms with E-state index < -0.39 is 23.6 Å². The van der Waals surface area contributed by atoms with Gasteiger partial charge in [0.05, 0.1) is 11.7 Å². The van der Waals surface area contributed by atoms with Crippen LogP contribution in [-0.4, -0.2) is 11.9 Å². The van der Waals surface area contributed by atoms with Crippen molar-refractivity contribution in [1.82, 2.24) is 0 Å². The Morgan fingerprint density at radius 2 is 2.06 bits per heavy atom. The number of hydrogen-bond donors (Lipinski definition) is 2. The lowest BCUT2D eigenvalue weighted by atomic mass is 10.0. The Balaban J connectivity index is 2.71. The smallest absolute Gasteiger partial charge is 0.241 e. The fourth-order valence-electron chi connectivity index (χ4n) is 1.44. The van der Waals surface area contributed by atoms with Crippen molar-refractivity contribution in [2.75, 3.05) is 5.32 Å². The molecule has 0 radical (unpaired) electrons. The quantitative estimate of drug-likeness (QED) is 0.851. The minimum atomic E-state index is -1.07. The van der Waals surface area contributed by atoms with E-state index in [0.717, 1.165) is 6.07 Å². The van der Waals surface area contributed by atoms with Crippen LogP contribution in [0.5, 0.6) is 0 Å². The zero-order chi connectivity index (χ0) is 13.0. The van der Waals surface area contributed by atoms with Crippen LogP contribution < -0.4 is 11.1 Å². The first-order valence-electron chi connectivity index (χ1n) is 5.42. The second-order valence-electron chi connectivity index (χ2n) is 4.33. The molecule has 1 aromatic carbocycles. The van der Waals surface area contributed by atoms with E-state index in [4.69, 9.17) is 5.73 Å². The molecule has 17 heavy (non-hydrogen) atoms. The van der Waals surface area contributed by atoms with Crippen molar-refractivity contribution < 1.29 is 13.6 Å². The molecule has 0 heterocycles. The highest BCUT2D eigenvalue weighted by molar-refractivity contribution is 5.94. The fourth-order valence-corrected chi connectivity index (χ4v) is 1.44. The van der Waals surface area contributed by atoms with Gasteiger partial charge in [0, 0.05) is 0 Å². The molecule has 3 nitrogen and oxygen atoms in total. The van der Waals surface area contributed by atoms with Crippen molar-refractivity contribution in [2.45, 2.75) is 26.3 Å². The molecule has 0 saturated carbocycles. The fraction of sp³-hybridized carbons (Fsp3) is 0.417. The number of hydrogen-bond acceptors (Lipinski definition) is 2. The van der Waals surface area contributed by atoms with Gasteiger partial charge in [-0.1, -0.05) is 19.9 Å². The maximum atomic E-state index is 13.3. The summed E-state index contributed by atoms with van der Waals surface area (Å²) in [7, 11) is 0. The Morgan fingerprint density at radius 3 is 2.65 bits per heavy atom. The highest BCUT2D eigenvalue weighted by Crippen LogP contribution is 2.17. The van der Waals surface area contributed by atoms with Gasteiger partial charge in [0.2, 0.25) is 5.91 Å². The molecule has 0 spiro atoms. The van der Waals surface area contributed by atoms with Gasteiger partial charge in [-0.15, -0.1) is 0 Å². The predicted octanol–water partition coefficient (Wildman–Crippen LogP) is 2.28. The van der Waals surface area contributed by atoms with Gasteiger partial charge in [0.25, 0.3) is 0 Å². The van der Waals surface area contributed by atoms with Gasteiger partial charge in [-0.05, 0) is 24.5 Å². The van der Waals surface area contributed by atoms with Gasteiger partial charge in [0.15, 0.2) is 11.6 Å². The lowest BCUT2D eigenvalue weighted by Gasteiger charge is -2.14. The number of rotatable bonds is 4. The van der Waals surface area contributed by atoms with Crippen LogP contribution in [0.4, 0.5) is 14.5 Å². The molecule has 5 heteroatoms. The van der Waals surface area contributed by atoms with E-state index in [1.807, 2.05) is 13.8 Å². The maximum Gasteiger partial charge on any atom is 0.241 e. The summed E-state index contributed by atoms with van der Waals surface area (Å²) in [5, 5.41) is 2.28. The van der Waals surface area contributed by atoms with Gasteiger partial charge in [-0.2, -0.15) is 0 Å². The van der Waals surface area contributed by atoms with Crippen LogP contribution in [0.25, 0.3) is 0 Å². The van der Waals surface area contributed by atoms with E-state index in [2.05, 4.69) is 5.32 Å². The molecule has 1 rings (SSSR count). The Bertz CT molecular complexity index is 407. The SMILES string of the molecule is CC(C)C[C@@H](N)C(=O)Nc1cccc(F)c1F. The molecular formula is C12H16F2N2O. The van der Waals surface area contributed by atoms with E-state index in [-0.39, 0.29) is 11.6 Å². The molecule has 3 N–H and O–H groups in total. The molecule has 0 aliphatic rings. The summed E-state index contributed by atoms with van der Waals surface area (Å²) in [6.45, 7) is 3.85. The minimum Gasteiger partial charge on any atom is -0.322 e. The van der Waals surface area contributed by atoms with Crippen molar-refractivity contribution in [3.8, 4) is 0 Å². The Kier molecular flexibility index (Phi) is 4.57. The van der Waals surface area contributed by atoms with E-state index in [1.54, 1.807) is 0 Å². The predicted molar refractivity (Wildman–Crippen MR) is 62.4 cm³/mol. The second-order valence-corrected chi connectivity index (χ2v) is 4.33. The second kappa shape index (κ2) is 5.72. The summed E-state index contributed by atoms with van der Waals surface area (Å²) in [4.78, 5) is 11.6. The number of nitrogens with one attached hydrogen (secondary N) is 1. The van der Waals surface area contributed by atoms with Crippen molar-refractivity contribution in [3.63, 3.8) is 0 Å². The summed E-state index contributed by atoms with van der Waals surface area (Å²) in [5.41, 5.74) is 5.44. The summed E-state index contributed by atoms with van der Waals surface area (Å²) in [5.74, 6) is -2.32. The van der Waals surface area contributed by atoms with E-state index in [1.165, 1.54) is 12.1 Å². The van der Waals surface area contributed by atoms with Crippen molar-refractivity contribution in [3.05, 3.63) is 29.8 Å². The Labute approximate surface area is 99.0 Å². The zero-order valence-corrected chi connectivity index (χ0v) is 9.84. The lowest BCUT2D eigenvalue weighted by Crippen LogP contribution is -2.36. The molecule has 0 saturated heterocycles. The monoisotopic (exact) mass is 242 g/mol. The topological polar surface area (TPSA) is 55.1 Å². The number of benzene rings is 1. The Hall–Kier alpha value is -1.49. The Morgan fingerprint density at radius 1 is 1.41 bits per heavy atom. The summed E-state index contributed by atoms with van der Waals surface area (Å²) >= 11 is 0. The average molecular weight is 242 g/mol. The van der Waals surface area contributed by atoms with Gasteiger partial charge in [-0.3, -0.25) is 4.79 Å². The van der Waals surface area contributed by atoms with Crippen LogP contribution in [0.3, 0.4) is 0 Å². The van der Waals surface area contributed by atoms with Gasteiger partial charge in [-0.25, -0.2) is 8.78 Å². The zero-order valence-electron chi connectivity index (χ0n) is 9.84. The van der Waals surface area contributed by atoms with Crippen LogP contribution in [-0.2, 0) is 4.79 Å². The van der Waals surface area contributed by atoms with E-state index in [0.29, 0.717) is 6.42 Å². The standard InChI is InChI=1S/C12H16F2N2O/c1-7(2)6-9(15)12(17)16-10-5-3-4-8(13)11(10)14/h3-5,7,9H,6,15H2,1-2H3,(H,16,17)/t9-/m1/s1. The van der Waals surface area contributed by atoms with Crippen molar-refractivity contribution >= 4 is 11.6 Å². The van der Waals surface area contributed by atoms with E-state index in [9.17, 15) is 13.6 Å². The molecule has 0 fully saturated rings. The molecular weight excluding hydrogens is 226 g/mol. The number of halogens is 2. The molecule has 1 amide bonds. The number of amides is 1. The average Bonchev–Trinajstić information content (AvgIpc) is 2.23. The number of carbonyl (C=O) groups excluding carboxylic acids is 1. The number of anilines is 1. The van der Waals surface area contributed by atoms with Crippen LogP contribution in [0, 0.1) is 17.6 Å². The molecule has 94 valence electrons. The third-order valence-corrected chi connectivity index (χ3v) is 2.27. The maximum absolute atomic E-state index is 13.3. The van der Waals surface area contributed by atoms with Gasteiger partial charge >= 0.3 is 0 Å². The molecule has 0 aromatic heterocycles. The number of nitrogens with two attached hydrogens (primary N) is 1. The van der Waals surface area contributed by atoms with Gasteiger partial charge < -0.3 is 11.1 Å². The summed E-state index contributed by atoms with van der Waals surface area (Å²) in [6, 6.07) is 2.87. The molecule has 0 aliphatic carbocycles. The van der Waals surface area contributed by atoms with Crippen LogP contribution in [0.2, 0.25) is 0 Å². The molecule has 0 unspecified atom stereocenters. The first-order chi connectivity index (χ1) is 7.91. The first kappa shape index (κ1) is 13.6. The molecule has 0 bridgehead atoms. The minimum absolute atomic E-state index is 0.186. The largest absolute Gasteiger partial charge is 0.322 e. The van der Waals surface area contributed by atoms with Crippen LogP contribution in [0.1, 0.15) is 20.3 Å². The lowest BCUT2D eigenvalue weighted by molar-refractivity contribution is -0.117. The molecule has 1 aromatic rings. The highest BCUT2D eigenvalue weighted by atomic mass is 19.2. The first-order valence-corrected chi connectivity index (χ1v) is 5.42. The highest BCUT2D eigenvalue weighted by Gasteiger charge is 2.17. The van der Waals surface area contributed by atoms with Crippen molar-refractivity contribution in [1.29, 1.82) is 0 Å². The van der Waals surface area contributed by atoms with E-state index >= 15 is 0 Å². The third-order valence-electron chi connectivity index (χ3n) is 2.27.